The van der Waals surface area contributed by atoms with E-state index in [1.807, 2.05) is 39.0 Å². The Kier molecular flexibility index (Phi) is 4.36. The Morgan fingerprint density at radius 2 is 1.90 bits per heavy atom. The highest BCUT2D eigenvalue weighted by Gasteiger charge is 2.15. The molecule has 1 amide bonds. The van der Waals surface area contributed by atoms with Gasteiger partial charge in [-0.2, -0.15) is 0 Å². The molecule has 0 aliphatic carbocycles. The summed E-state index contributed by atoms with van der Waals surface area (Å²) in [5.74, 6) is 0.849. The molecule has 2 rings (SSSR count). The summed E-state index contributed by atoms with van der Waals surface area (Å²) < 4.78 is 0. The van der Waals surface area contributed by atoms with E-state index in [-0.39, 0.29) is 5.91 Å². The van der Waals surface area contributed by atoms with E-state index in [1.54, 1.807) is 6.20 Å². The van der Waals surface area contributed by atoms with E-state index in [2.05, 4.69) is 29.1 Å². The van der Waals surface area contributed by atoms with Gasteiger partial charge in [0.05, 0.1) is 11.3 Å². The number of hydrogen-bond donors (Lipinski definition) is 1. The van der Waals surface area contributed by atoms with Crippen LogP contribution < -0.4 is 5.32 Å². The number of aryl methyl sites for hydroxylation is 3. The van der Waals surface area contributed by atoms with E-state index in [9.17, 15) is 4.79 Å². The number of amides is 1. The molecule has 0 atom stereocenters. The molecule has 110 valence electrons. The molecule has 0 saturated carbocycles. The zero-order valence-corrected chi connectivity index (χ0v) is 13.2. The van der Waals surface area contributed by atoms with E-state index in [1.165, 1.54) is 0 Å². The van der Waals surface area contributed by atoms with Crippen LogP contribution in [0.3, 0.4) is 0 Å². The van der Waals surface area contributed by atoms with Crippen molar-refractivity contribution in [3.05, 3.63) is 52.6 Å². The summed E-state index contributed by atoms with van der Waals surface area (Å²) in [7, 11) is 0. The molecule has 4 nitrogen and oxygen atoms in total. The van der Waals surface area contributed by atoms with E-state index >= 15 is 0 Å². The van der Waals surface area contributed by atoms with Crippen LogP contribution in [-0.2, 0) is 0 Å². The van der Waals surface area contributed by atoms with Gasteiger partial charge in [-0.15, -0.1) is 0 Å². The normalized spacial score (nSPS) is 10.8. The van der Waals surface area contributed by atoms with E-state index in [4.69, 9.17) is 0 Å². The Morgan fingerprint density at radius 1 is 1.19 bits per heavy atom. The van der Waals surface area contributed by atoms with Crippen molar-refractivity contribution in [1.29, 1.82) is 0 Å². The van der Waals surface area contributed by atoms with Gasteiger partial charge in [0, 0.05) is 11.9 Å². The van der Waals surface area contributed by atoms with Crippen LogP contribution in [0, 0.1) is 20.8 Å². The lowest BCUT2D eigenvalue weighted by atomic mass is 9.98. The standard InChI is InChI=1S/C17H21N3O/c1-10(2)14-8-6-7-11(3)16(14)20-17(21)15-9-18-13(5)19-12(15)4/h6-10H,1-5H3,(H,20,21). The lowest BCUT2D eigenvalue weighted by molar-refractivity contribution is 0.102. The van der Waals surface area contributed by atoms with Gasteiger partial charge in [-0.05, 0) is 37.8 Å². The molecule has 0 spiro atoms. The minimum Gasteiger partial charge on any atom is -0.321 e. The number of hydrogen-bond acceptors (Lipinski definition) is 3. The zero-order chi connectivity index (χ0) is 15.6. The Labute approximate surface area is 125 Å². The molecule has 1 aromatic heterocycles. The van der Waals surface area contributed by atoms with Gasteiger partial charge >= 0.3 is 0 Å². The second-order valence-electron chi connectivity index (χ2n) is 5.56. The quantitative estimate of drug-likeness (QED) is 0.932. The second kappa shape index (κ2) is 6.04. The Bertz CT molecular complexity index is 678. The monoisotopic (exact) mass is 283 g/mol. The summed E-state index contributed by atoms with van der Waals surface area (Å²) in [4.78, 5) is 20.8. The number of benzene rings is 1. The molecule has 0 aliphatic heterocycles. The van der Waals surface area contributed by atoms with Crippen LogP contribution in [0.15, 0.2) is 24.4 Å². The Balaban J connectivity index is 2.36. The fourth-order valence-corrected chi connectivity index (χ4v) is 2.33. The van der Waals surface area contributed by atoms with Crippen LogP contribution in [0.5, 0.6) is 0 Å². The van der Waals surface area contributed by atoms with Crippen molar-refractivity contribution in [3.8, 4) is 0 Å². The first-order chi connectivity index (χ1) is 9.90. The first-order valence-corrected chi connectivity index (χ1v) is 7.11. The predicted molar refractivity (Wildman–Crippen MR) is 84.7 cm³/mol. The van der Waals surface area contributed by atoms with Gasteiger partial charge in [0.1, 0.15) is 5.82 Å². The maximum absolute atomic E-state index is 12.5. The molecule has 0 radical (unpaired) electrons. The van der Waals surface area contributed by atoms with Crippen LogP contribution in [0.2, 0.25) is 0 Å². The molecule has 4 heteroatoms. The maximum Gasteiger partial charge on any atom is 0.259 e. The lowest BCUT2D eigenvalue weighted by Crippen LogP contribution is -2.17. The number of carbonyl (C=O) groups is 1. The van der Waals surface area contributed by atoms with Crippen molar-refractivity contribution in [2.24, 2.45) is 0 Å². The molecule has 1 aromatic carbocycles. The summed E-state index contributed by atoms with van der Waals surface area (Å²) >= 11 is 0. The Morgan fingerprint density at radius 3 is 2.52 bits per heavy atom. The second-order valence-corrected chi connectivity index (χ2v) is 5.56. The van der Waals surface area contributed by atoms with Gasteiger partial charge in [0.2, 0.25) is 0 Å². The number of carbonyl (C=O) groups excluding carboxylic acids is 1. The summed E-state index contributed by atoms with van der Waals surface area (Å²) in [5.41, 5.74) is 4.28. The van der Waals surface area contributed by atoms with Gasteiger partial charge in [-0.1, -0.05) is 32.0 Å². The number of rotatable bonds is 3. The zero-order valence-electron chi connectivity index (χ0n) is 13.2. The van der Waals surface area contributed by atoms with Gasteiger partial charge < -0.3 is 5.32 Å². The summed E-state index contributed by atoms with van der Waals surface area (Å²) in [5, 5.41) is 3.02. The molecule has 0 saturated heterocycles. The van der Waals surface area contributed by atoms with E-state index < -0.39 is 0 Å². The molecule has 1 heterocycles. The number of nitrogens with zero attached hydrogens (tertiary/aromatic N) is 2. The largest absolute Gasteiger partial charge is 0.321 e. The third-order valence-corrected chi connectivity index (χ3v) is 3.51. The topological polar surface area (TPSA) is 54.9 Å². The van der Waals surface area contributed by atoms with Gasteiger partial charge in [0.15, 0.2) is 0 Å². The summed E-state index contributed by atoms with van der Waals surface area (Å²) in [6.07, 6.45) is 1.58. The number of anilines is 1. The minimum absolute atomic E-state index is 0.163. The minimum atomic E-state index is -0.163. The first-order valence-electron chi connectivity index (χ1n) is 7.11. The van der Waals surface area contributed by atoms with Crippen LogP contribution in [0.1, 0.15) is 52.8 Å². The highest BCUT2D eigenvalue weighted by atomic mass is 16.1. The molecule has 2 aromatic rings. The average Bonchev–Trinajstić information content (AvgIpc) is 2.40. The third kappa shape index (κ3) is 3.27. The van der Waals surface area contributed by atoms with E-state index in [0.717, 1.165) is 16.8 Å². The van der Waals surface area contributed by atoms with Crippen LogP contribution in [0.25, 0.3) is 0 Å². The van der Waals surface area contributed by atoms with Crippen molar-refractivity contribution in [2.45, 2.75) is 40.5 Å². The third-order valence-electron chi connectivity index (χ3n) is 3.51. The lowest BCUT2D eigenvalue weighted by Gasteiger charge is -2.16. The highest BCUT2D eigenvalue weighted by Crippen LogP contribution is 2.27. The molecule has 0 unspecified atom stereocenters. The maximum atomic E-state index is 12.5. The van der Waals surface area contributed by atoms with Crippen molar-refractivity contribution < 1.29 is 4.79 Å². The average molecular weight is 283 g/mol. The van der Waals surface area contributed by atoms with Gasteiger partial charge in [-0.3, -0.25) is 4.79 Å². The van der Waals surface area contributed by atoms with Crippen molar-refractivity contribution >= 4 is 11.6 Å². The number of aromatic nitrogens is 2. The molecule has 1 N–H and O–H groups in total. The molecule has 0 bridgehead atoms. The fourth-order valence-electron chi connectivity index (χ4n) is 2.33. The first kappa shape index (κ1) is 15.2. The molecule has 0 aliphatic rings. The summed E-state index contributed by atoms with van der Waals surface area (Å²) in [6.45, 7) is 9.87. The Hall–Kier alpha value is -2.23. The van der Waals surface area contributed by atoms with E-state index in [0.29, 0.717) is 23.0 Å². The molecular weight excluding hydrogens is 262 g/mol. The van der Waals surface area contributed by atoms with Crippen LogP contribution >= 0.6 is 0 Å². The van der Waals surface area contributed by atoms with Crippen LogP contribution in [-0.4, -0.2) is 15.9 Å². The van der Waals surface area contributed by atoms with Gasteiger partial charge in [-0.25, -0.2) is 9.97 Å². The van der Waals surface area contributed by atoms with Gasteiger partial charge in [0.25, 0.3) is 5.91 Å². The number of para-hydroxylation sites is 1. The smallest absolute Gasteiger partial charge is 0.259 e. The fraction of sp³-hybridized carbons (Fsp3) is 0.353. The van der Waals surface area contributed by atoms with Crippen molar-refractivity contribution in [3.63, 3.8) is 0 Å². The predicted octanol–water partition coefficient (Wildman–Crippen LogP) is 3.78. The van der Waals surface area contributed by atoms with Crippen LogP contribution in [0.4, 0.5) is 5.69 Å². The molecular formula is C17H21N3O. The number of nitrogens with one attached hydrogen (secondary N) is 1. The van der Waals surface area contributed by atoms with Crippen molar-refractivity contribution in [1.82, 2.24) is 9.97 Å². The SMILES string of the molecule is Cc1ncc(C(=O)Nc2c(C)cccc2C(C)C)c(C)n1. The molecule has 0 fully saturated rings. The highest BCUT2D eigenvalue weighted by molar-refractivity contribution is 6.05. The summed E-state index contributed by atoms with van der Waals surface area (Å²) in [6, 6.07) is 6.06. The van der Waals surface area contributed by atoms with Crippen molar-refractivity contribution in [2.75, 3.05) is 5.32 Å². The molecule has 21 heavy (non-hydrogen) atoms.